The van der Waals surface area contributed by atoms with Crippen LogP contribution in [0.25, 0.3) is 6.08 Å². The highest BCUT2D eigenvalue weighted by atomic mass is 16.5. The van der Waals surface area contributed by atoms with E-state index in [-0.39, 0.29) is 0 Å². The average molecular weight is 191 g/mol. The van der Waals surface area contributed by atoms with Crippen molar-refractivity contribution in [1.29, 1.82) is 0 Å². The van der Waals surface area contributed by atoms with E-state index in [9.17, 15) is 0 Å². The molecule has 0 bridgehead atoms. The minimum absolute atomic E-state index is 0.596. The van der Waals surface area contributed by atoms with Gasteiger partial charge in [0.2, 0.25) is 0 Å². The molecule has 1 aromatic rings. The molecular formula is C12H17NO. The lowest BCUT2D eigenvalue weighted by atomic mass is 10.2. The van der Waals surface area contributed by atoms with Crippen molar-refractivity contribution in [3.05, 3.63) is 36.2 Å². The highest BCUT2D eigenvalue weighted by molar-refractivity contribution is 5.43. The molecule has 0 saturated carbocycles. The maximum Gasteiger partial charge on any atom is 0.0651 e. The molecule has 0 unspecified atom stereocenters. The Morgan fingerprint density at radius 1 is 1.43 bits per heavy atom. The van der Waals surface area contributed by atoms with E-state index in [1.807, 2.05) is 30.4 Å². The molecule has 2 nitrogen and oxygen atoms in total. The zero-order valence-electron chi connectivity index (χ0n) is 8.81. The van der Waals surface area contributed by atoms with Crippen LogP contribution in [-0.2, 0) is 4.74 Å². The second-order valence-corrected chi connectivity index (χ2v) is 3.59. The molecule has 0 spiro atoms. The smallest absolute Gasteiger partial charge is 0.0651 e. The summed E-state index contributed by atoms with van der Waals surface area (Å²) in [5.74, 6) is 0.596. The third-order valence-corrected chi connectivity index (χ3v) is 1.64. The summed E-state index contributed by atoms with van der Waals surface area (Å²) in [4.78, 5) is 4.17. The van der Waals surface area contributed by atoms with E-state index < -0.39 is 0 Å². The standard InChI is InChI=1S/C12H17NO/c1-11(2)10-14-9-5-7-12-6-3-4-8-13-12/h3-8,11H,9-10H2,1-2H3/b7-5+. The largest absolute Gasteiger partial charge is 0.377 e. The predicted octanol–water partition coefficient (Wildman–Crippen LogP) is 2.77. The number of rotatable bonds is 5. The lowest BCUT2D eigenvalue weighted by molar-refractivity contribution is 0.135. The van der Waals surface area contributed by atoms with Crippen LogP contribution in [0.3, 0.4) is 0 Å². The van der Waals surface area contributed by atoms with Crippen molar-refractivity contribution in [2.75, 3.05) is 13.2 Å². The molecule has 1 heterocycles. The Balaban J connectivity index is 2.21. The van der Waals surface area contributed by atoms with Crippen LogP contribution in [0.2, 0.25) is 0 Å². The Morgan fingerprint density at radius 3 is 2.93 bits per heavy atom. The van der Waals surface area contributed by atoms with Crippen LogP contribution in [0.5, 0.6) is 0 Å². The SMILES string of the molecule is CC(C)COC/C=C/c1ccccn1. The van der Waals surface area contributed by atoms with Gasteiger partial charge in [0.05, 0.1) is 12.3 Å². The Morgan fingerprint density at radius 2 is 2.29 bits per heavy atom. The summed E-state index contributed by atoms with van der Waals surface area (Å²) in [6.45, 7) is 5.76. The van der Waals surface area contributed by atoms with Crippen molar-refractivity contribution >= 4 is 6.08 Å². The molecular weight excluding hydrogens is 174 g/mol. The van der Waals surface area contributed by atoms with E-state index in [1.165, 1.54) is 0 Å². The Bertz CT molecular complexity index is 267. The molecule has 2 heteroatoms. The third kappa shape index (κ3) is 4.77. The van der Waals surface area contributed by atoms with Crippen LogP contribution in [0.15, 0.2) is 30.5 Å². The van der Waals surface area contributed by atoms with Crippen molar-refractivity contribution in [2.45, 2.75) is 13.8 Å². The lowest BCUT2D eigenvalue weighted by Crippen LogP contribution is -2.01. The van der Waals surface area contributed by atoms with Gasteiger partial charge in [0.15, 0.2) is 0 Å². The number of pyridine rings is 1. The third-order valence-electron chi connectivity index (χ3n) is 1.64. The molecule has 0 aromatic carbocycles. The fourth-order valence-corrected chi connectivity index (χ4v) is 1.02. The van der Waals surface area contributed by atoms with Crippen molar-refractivity contribution < 1.29 is 4.74 Å². The Labute approximate surface area is 85.6 Å². The first-order valence-corrected chi connectivity index (χ1v) is 4.94. The number of ether oxygens (including phenoxy) is 1. The van der Waals surface area contributed by atoms with Gasteiger partial charge in [-0.05, 0) is 24.1 Å². The van der Waals surface area contributed by atoms with Gasteiger partial charge in [-0.25, -0.2) is 0 Å². The van der Waals surface area contributed by atoms with Crippen molar-refractivity contribution in [3.8, 4) is 0 Å². The molecule has 1 rings (SSSR count). The van der Waals surface area contributed by atoms with Crippen LogP contribution >= 0.6 is 0 Å². The van der Waals surface area contributed by atoms with E-state index in [0.717, 1.165) is 12.3 Å². The summed E-state index contributed by atoms with van der Waals surface area (Å²) < 4.78 is 5.40. The number of nitrogens with zero attached hydrogens (tertiary/aromatic N) is 1. The first kappa shape index (κ1) is 10.9. The van der Waals surface area contributed by atoms with Crippen molar-refractivity contribution in [3.63, 3.8) is 0 Å². The van der Waals surface area contributed by atoms with Crippen LogP contribution in [0.4, 0.5) is 0 Å². The van der Waals surface area contributed by atoms with E-state index in [0.29, 0.717) is 12.5 Å². The normalized spacial score (nSPS) is 11.4. The first-order chi connectivity index (χ1) is 6.79. The zero-order valence-corrected chi connectivity index (χ0v) is 8.81. The van der Waals surface area contributed by atoms with Gasteiger partial charge in [0, 0.05) is 12.8 Å². The zero-order chi connectivity index (χ0) is 10.2. The molecule has 0 aliphatic rings. The molecule has 76 valence electrons. The second-order valence-electron chi connectivity index (χ2n) is 3.59. The summed E-state index contributed by atoms with van der Waals surface area (Å²) in [6, 6.07) is 5.85. The molecule has 0 aliphatic carbocycles. The van der Waals surface area contributed by atoms with Crippen LogP contribution in [0, 0.1) is 5.92 Å². The fraction of sp³-hybridized carbons (Fsp3) is 0.417. The first-order valence-electron chi connectivity index (χ1n) is 4.94. The summed E-state index contributed by atoms with van der Waals surface area (Å²) in [5, 5.41) is 0. The van der Waals surface area contributed by atoms with Gasteiger partial charge in [-0.3, -0.25) is 4.98 Å². The molecule has 0 amide bonds. The number of hydrogen-bond donors (Lipinski definition) is 0. The monoisotopic (exact) mass is 191 g/mol. The summed E-state index contributed by atoms with van der Waals surface area (Å²) >= 11 is 0. The second kappa shape index (κ2) is 6.33. The molecule has 0 atom stereocenters. The maximum atomic E-state index is 5.40. The predicted molar refractivity (Wildman–Crippen MR) is 58.9 cm³/mol. The van der Waals surface area contributed by atoms with E-state index in [1.54, 1.807) is 6.20 Å². The van der Waals surface area contributed by atoms with E-state index in [2.05, 4.69) is 18.8 Å². The average Bonchev–Trinajstić information content (AvgIpc) is 2.18. The van der Waals surface area contributed by atoms with Crippen LogP contribution < -0.4 is 0 Å². The Kier molecular flexibility index (Phi) is 4.94. The van der Waals surface area contributed by atoms with Gasteiger partial charge in [-0.15, -0.1) is 0 Å². The lowest BCUT2D eigenvalue weighted by Gasteiger charge is -2.02. The number of aromatic nitrogens is 1. The molecule has 0 radical (unpaired) electrons. The van der Waals surface area contributed by atoms with Gasteiger partial charge < -0.3 is 4.74 Å². The van der Waals surface area contributed by atoms with Gasteiger partial charge in [0.1, 0.15) is 0 Å². The van der Waals surface area contributed by atoms with Gasteiger partial charge in [-0.2, -0.15) is 0 Å². The van der Waals surface area contributed by atoms with Gasteiger partial charge >= 0.3 is 0 Å². The molecule has 14 heavy (non-hydrogen) atoms. The molecule has 0 fully saturated rings. The molecule has 1 aromatic heterocycles. The molecule has 0 saturated heterocycles. The quantitative estimate of drug-likeness (QED) is 0.668. The molecule has 0 aliphatic heterocycles. The molecule has 0 N–H and O–H groups in total. The topological polar surface area (TPSA) is 22.1 Å². The van der Waals surface area contributed by atoms with E-state index in [4.69, 9.17) is 4.74 Å². The maximum absolute atomic E-state index is 5.40. The number of hydrogen-bond acceptors (Lipinski definition) is 2. The van der Waals surface area contributed by atoms with Gasteiger partial charge in [0.25, 0.3) is 0 Å². The van der Waals surface area contributed by atoms with Gasteiger partial charge in [-0.1, -0.05) is 26.0 Å². The summed E-state index contributed by atoms with van der Waals surface area (Å²) in [6.07, 6.45) is 5.75. The van der Waals surface area contributed by atoms with Crippen molar-refractivity contribution in [1.82, 2.24) is 4.98 Å². The fourth-order valence-electron chi connectivity index (χ4n) is 1.02. The minimum Gasteiger partial charge on any atom is -0.377 e. The van der Waals surface area contributed by atoms with Crippen LogP contribution in [0.1, 0.15) is 19.5 Å². The Hall–Kier alpha value is -1.15. The summed E-state index contributed by atoms with van der Waals surface area (Å²) in [7, 11) is 0. The highest BCUT2D eigenvalue weighted by Gasteiger charge is 1.90. The summed E-state index contributed by atoms with van der Waals surface area (Å²) in [5.41, 5.74) is 0.973. The van der Waals surface area contributed by atoms with Crippen molar-refractivity contribution in [2.24, 2.45) is 5.92 Å². The highest BCUT2D eigenvalue weighted by Crippen LogP contribution is 1.97. The minimum atomic E-state index is 0.596. The van der Waals surface area contributed by atoms with Crippen LogP contribution in [-0.4, -0.2) is 18.2 Å². The van der Waals surface area contributed by atoms with E-state index >= 15 is 0 Å².